The molecule has 5 nitrogen and oxygen atoms in total. The zero-order valence-corrected chi connectivity index (χ0v) is 11.4. The molecule has 0 saturated heterocycles. The molecule has 0 unspecified atom stereocenters. The van der Waals surface area contributed by atoms with E-state index in [-0.39, 0.29) is 0 Å². The third-order valence-corrected chi connectivity index (χ3v) is 2.85. The summed E-state index contributed by atoms with van der Waals surface area (Å²) in [7, 11) is 0. The van der Waals surface area contributed by atoms with Crippen molar-refractivity contribution in [2.45, 2.75) is 0 Å². The van der Waals surface area contributed by atoms with Crippen LogP contribution < -0.4 is 0 Å². The lowest BCUT2D eigenvalue weighted by Crippen LogP contribution is -1.81. The van der Waals surface area contributed by atoms with Crippen LogP contribution >= 0.6 is 0 Å². The number of benzene rings is 2. The Morgan fingerprint density at radius 1 is 0.864 bits per heavy atom. The molecule has 0 fully saturated rings. The van der Waals surface area contributed by atoms with Crippen LogP contribution in [0.4, 0.5) is 11.4 Å². The predicted molar refractivity (Wildman–Crippen MR) is 81.9 cm³/mol. The Hall–Kier alpha value is -3.57. The van der Waals surface area contributed by atoms with Gasteiger partial charge in [0, 0.05) is 0 Å². The summed E-state index contributed by atoms with van der Waals surface area (Å²) in [6.07, 6.45) is 4.64. The standard InChI is InChI=1S/C17H9N3O2/c18-10-15(14-3-7-17(8-4-14)20-12-22)9-13-1-5-16(6-2-13)19-11-21/h1-9H. The Morgan fingerprint density at radius 2 is 1.36 bits per heavy atom. The number of nitriles is 1. The highest BCUT2D eigenvalue weighted by Gasteiger charge is 2.01. The van der Waals surface area contributed by atoms with E-state index in [2.05, 4.69) is 16.1 Å². The lowest BCUT2D eigenvalue weighted by atomic mass is 10.0. The molecule has 2 rings (SSSR count). The average molecular weight is 287 g/mol. The van der Waals surface area contributed by atoms with Crippen molar-refractivity contribution in [1.29, 1.82) is 5.26 Å². The first-order chi connectivity index (χ1) is 10.8. The molecule has 0 heterocycles. The van der Waals surface area contributed by atoms with Crippen LogP contribution in [-0.2, 0) is 9.59 Å². The lowest BCUT2D eigenvalue weighted by molar-refractivity contribution is 0.564. The normalized spacial score (nSPS) is 10.0. The Morgan fingerprint density at radius 3 is 1.82 bits per heavy atom. The summed E-state index contributed by atoms with van der Waals surface area (Å²) >= 11 is 0. The quantitative estimate of drug-likeness (QED) is 0.372. The molecule has 2 aromatic carbocycles. The molecule has 0 spiro atoms. The van der Waals surface area contributed by atoms with Gasteiger partial charge in [0.25, 0.3) is 0 Å². The van der Waals surface area contributed by atoms with Gasteiger partial charge in [0.2, 0.25) is 12.2 Å². The Bertz CT molecular complexity index is 831. The molecule has 0 N–H and O–H groups in total. The van der Waals surface area contributed by atoms with E-state index in [0.29, 0.717) is 22.5 Å². The van der Waals surface area contributed by atoms with Gasteiger partial charge in [0.1, 0.15) is 0 Å². The fraction of sp³-hybridized carbons (Fsp3) is 0. The van der Waals surface area contributed by atoms with Gasteiger partial charge in [0.05, 0.1) is 23.0 Å². The minimum atomic E-state index is 0.466. The minimum Gasteiger partial charge on any atom is -0.211 e. The first-order valence-electron chi connectivity index (χ1n) is 6.25. The van der Waals surface area contributed by atoms with Crippen LogP contribution in [0.15, 0.2) is 58.5 Å². The number of hydrogen-bond donors (Lipinski definition) is 0. The van der Waals surface area contributed by atoms with Crippen LogP contribution in [0.3, 0.4) is 0 Å². The van der Waals surface area contributed by atoms with Crippen molar-refractivity contribution in [1.82, 2.24) is 0 Å². The first-order valence-corrected chi connectivity index (χ1v) is 6.25. The van der Waals surface area contributed by atoms with Gasteiger partial charge in [-0.2, -0.15) is 15.2 Å². The molecule has 0 aliphatic rings. The molecule has 22 heavy (non-hydrogen) atoms. The molecule has 0 aromatic heterocycles. The van der Waals surface area contributed by atoms with E-state index < -0.39 is 0 Å². The molecule has 5 heteroatoms. The summed E-state index contributed by atoms with van der Waals surface area (Å²) in [6.45, 7) is 0. The molecular weight excluding hydrogens is 278 g/mol. The van der Waals surface area contributed by atoms with Crippen molar-refractivity contribution in [3.8, 4) is 6.07 Å². The number of carbonyl (C=O) groups excluding carboxylic acids is 2. The Kier molecular flexibility index (Phi) is 4.90. The minimum absolute atomic E-state index is 0.466. The van der Waals surface area contributed by atoms with Crippen molar-refractivity contribution in [2.75, 3.05) is 0 Å². The second-order valence-electron chi connectivity index (χ2n) is 4.21. The van der Waals surface area contributed by atoms with Crippen LogP contribution in [0.2, 0.25) is 0 Å². The molecule has 0 aliphatic heterocycles. The molecule has 104 valence electrons. The summed E-state index contributed by atoms with van der Waals surface area (Å²) in [5.41, 5.74) is 2.96. The number of allylic oxidation sites excluding steroid dienone is 1. The first kappa shape index (κ1) is 14.8. The number of isocyanates is 2. The van der Waals surface area contributed by atoms with Crippen LogP contribution in [-0.4, -0.2) is 12.2 Å². The number of nitrogens with zero attached hydrogens (tertiary/aromatic N) is 3. The fourth-order valence-electron chi connectivity index (χ4n) is 1.81. The van der Waals surface area contributed by atoms with Crippen molar-refractivity contribution in [2.24, 2.45) is 9.98 Å². The molecule has 0 bridgehead atoms. The van der Waals surface area contributed by atoms with Gasteiger partial charge in [-0.25, -0.2) is 9.59 Å². The summed E-state index contributed by atoms with van der Waals surface area (Å²) in [5, 5.41) is 9.28. The van der Waals surface area contributed by atoms with Gasteiger partial charge in [-0.1, -0.05) is 24.3 Å². The van der Waals surface area contributed by atoms with Crippen molar-refractivity contribution >= 4 is 35.2 Å². The second kappa shape index (κ2) is 7.28. The monoisotopic (exact) mass is 287 g/mol. The second-order valence-corrected chi connectivity index (χ2v) is 4.21. The van der Waals surface area contributed by atoms with E-state index in [1.807, 2.05) is 0 Å². The van der Waals surface area contributed by atoms with E-state index in [4.69, 9.17) is 0 Å². The van der Waals surface area contributed by atoms with Gasteiger partial charge in [-0.3, -0.25) is 0 Å². The Labute approximate surface area is 126 Å². The molecule has 0 radical (unpaired) electrons. The summed E-state index contributed by atoms with van der Waals surface area (Å²) in [4.78, 5) is 27.3. The van der Waals surface area contributed by atoms with E-state index in [9.17, 15) is 14.9 Å². The van der Waals surface area contributed by atoms with E-state index in [1.165, 1.54) is 12.2 Å². The van der Waals surface area contributed by atoms with Crippen LogP contribution in [0.1, 0.15) is 11.1 Å². The molecular formula is C17H9N3O2. The van der Waals surface area contributed by atoms with Crippen LogP contribution in [0, 0.1) is 11.3 Å². The summed E-state index contributed by atoms with van der Waals surface area (Å²) in [6, 6.07) is 15.6. The molecule has 2 aromatic rings. The average Bonchev–Trinajstić information content (AvgIpc) is 2.56. The number of rotatable bonds is 4. The van der Waals surface area contributed by atoms with E-state index in [1.54, 1.807) is 54.6 Å². The van der Waals surface area contributed by atoms with Crippen molar-refractivity contribution in [3.63, 3.8) is 0 Å². The number of aliphatic imine (C=N–C) groups is 2. The van der Waals surface area contributed by atoms with Gasteiger partial charge in [-0.05, 0) is 41.5 Å². The largest absolute Gasteiger partial charge is 0.240 e. The molecule has 0 amide bonds. The van der Waals surface area contributed by atoms with Gasteiger partial charge >= 0.3 is 0 Å². The van der Waals surface area contributed by atoms with Crippen molar-refractivity contribution < 1.29 is 9.59 Å². The topological polar surface area (TPSA) is 82.7 Å². The van der Waals surface area contributed by atoms with Gasteiger partial charge in [0.15, 0.2) is 0 Å². The summed E-state index contributed by atoms with van der Waals surface area (Å²) < 4.78 is 0. The zero-order valence-electron chi connectivity index (χ0n) is 11.4. The third-order valence-electron chi connectivity index (χ3n) is 2.85. The Balaban J connectivity index is 2.32. The summed E-state index contributed by atoms with van der Waals surface area (Å²) in [5.74, 6) is 0. The lowest BCUT2D eigenvalue weighted by Gasteiger charge is -2.00. The van der Waals surface area contributed by atoms with Gasteiger partial charge in [-0.15, -0.1) is 0 Å². The fourth-order valence-corrected chi connectivity index (χ4v) is 1.81. The molecule has 0 atom stereocenters. The molecule has 0 aliphatic carbocycles. The van der Waals surface area contributed by atoms with E-state index in [0.717, 1.165) is 5.56 Å². The maximum Gasteiger partial charge on any atom is 0.240 e. The predicted octanol–water partition coefficient (Wildman–Crippen LogP) is 3.69. The third kappa shape index (κ3) is 3.72. The highest BCUT2D eigenvalue weighted by atomic mass is 16.1. The van der Waals surface area contributed by atoms with Gasteiger partial charge < -0.3 is 0 Å². The SMILES string of the molecule is N#CC(=Cc1ccc(N=C=O)cc1)c1ccc(N=C=O)cc1. The highest BCUT2D eigenvalue weighted by molar-refractivity contribution is 5.90. The van der Waals surface area contributed by atoms with Crippen LogP contribution in [0.25, 0.3) is 11.6 Å². The highest BCUT2D eigenvalue weighted by Crippen LogP contribution is 2.22. The maximum atomic E-state index is 10.2. The smallest absolute Gasteiger partial charge is 0.211 e. The van der Waals surface area contributed by atoms with E-state index >= 15 is 0 Å². The van der Waals surface area contributed by atoms with Crippen LogP contribution in [0.5, 0.6) is 0 Å². The maximum absolute atomic E-state index is 10.2. The molecule has 0 saturated carbocycles. The zero-order chi connectivity index (χ0) is 15.8. The number of hydrogen-bond acceptors (Lipinski definition) is 5. The van der Waals surface area contributed by atoms with Crippen molar-refractivity contribution in [3.05, 3.63) is 59.7 Å².